The number of hydrogen-bond donors (Lipinski definition) is 0. The molecule has 0 aliphatic heterocycles. The smallest absolute Gasteiger partial charge is 0.173 e. The standard InChI is InChI=1S/C17H24O3/c1-4-12-8-10-13(11-9-12)17(18)16-14(19-2)6-5-7-15(16)20-3/h5-7,12-13H,4,8-11H2,1-3H3. The highest BCUT2D eigenvalue weighted by Gasteiger charge is 2.29. The average molecular weight is 276 g/mol. The molecule has 0 N–H and O–H groups in total. The molecule has 1 aromatic rings. The van der Waals surface area contributed by atoms with Gasteiger partial charge in [-0.1, -0.05) is 19.4 Å². The van der Waals surface area contributed by atoms with Gasteiger partial charge in [0, 0.05) is 5.92 Å². The highest BCUT2D eigenvalue weighted by molar-refractivity contribution is 6.02. The first-order chi connectivity index (χ1) is 9.71. The largest absolute Gasteiger partial charge is 0.496 e. The third kappa shape index (κ3) is 2.97. The number of ether oxygens (including phenoxy) is 2. The van der Waals surface area contributed by atoms with Crippen molar-refractivity contribution in [3.8, 4) is 11.5 Å². The number of rotatable bonds is 5. The molecule has 1 saturated carbocycles. The number of Topliss-reactive ketones (excluding diaryl/α,β-unsaturated/α-hetero) is 1. The van der Waals surface area contributed by atoms with Crippen LogP contribution >= 0.6 is 0 Å². The van der Waals surface area contributed by atoms with Crippen molar-refractivity contribution in [1.29, 1.82) is 0 Å². The summed E-state index contributed by atoms with van der Waals surface area (Å²) in [6, 6.07) is 5.50. The van der Waals surface area contributed by atoms with Gasteiger partial charge in [-0.2, -0.15) is 0 Å². The number of carbonyl (C=O) groups excluding carboxylic acids is 1. The van der Waals surface area contributed by atoms with E-state index in [1.807, 2.05) is 18.2 Å². The molecule has 2 rings (SSSR count). The zero-order chi connectivity index (χ0) is 14.5. The average Bonchev–Trinajstić information content (AvgIpc) is 2.53. The molecule has 0 saturated heterocycles. The summed E-state index contributed by atoms with van der Waals surface area (Å²) in [5.41, 5.74) is 0.609. The van der Waals surface area contributed by atoms with Crippen LogP contribution in [0.2, 0.25) is 0 Å². The number of carbonyl (C=O) groups is 1. The molecule has 0 bridgehead atoms. The van der Waals surface area contributed by atoms with Gasteiger partial charge < -0.3 is 9.47 Å². The van der Waals surface area contributed by atoms with Crippen LogP contribution in [0.4, 0.5) is 0 Å². The summed E-state index contributed by atoms with van der Waals surface area (Å²) >= 11 is 0. The van der Waals surface area contributed by atoms with Gasteiger partial charge in [0.15, 0.2) is 5.78 Å². The molecule has 1 fully saturated rings. The Balaban J connectivity index is 2.21. The van der Waals surface area contributed by atoms with Crippen LogP contribution in [-0.2, 0) is 0 Å². The molecule has 0 spiro atoms. The highest BCUT2D eigenvalue weighted by Crippen LogP contribution is 2.37. The van der Waals surface area contributed by atoms with Crippen molar-refractivity contribution in [2.45, 2.75) is 39.0 Å². The van der Waals surface area contributed by atoms with Crippen LogP contribution in [0.1, 0.15) is 49.4 Å². The molecule has 110 valence electrons. The summed E-state index contributed by atoms with van der Waals surface area (Å²) in [7, 11) is 3.19. The quantitative estimate of drug-likeness (QED) is 0.759. The van der Waals surface area contributed by atoms with Gasteiger partial charge in [0.1, 0.15) is 17.1 Å². The van der Waals surface area contributed by atoms with Gasteiger partial charge in [0.05, 0.1) is 14.2 Å². The molecular formula is C17H24O3. The van der Waals surface area contributed by atoms with Gasteiger partial charge in [-0.25, -0.2) is 0 Å². The van der Waals surface area contributed by atoms with E-state index in [0.29, 0.717) is 17.1 Å². The Bertz CT molecular complexity index is 437. The predicted octanol–water partition coefficient (Wildman–Crippen LogP) is 4.10. The van der Waals surface area contributed by atoms with E-state index in [1.165, 1.54) is 6.42 Å². The van der Waals surface area contributed by atoms with Gasteiger partial charge in [-0.15, -0.1) is 0 Å². The van der Waals surface area contributed by atoms with E-state index < -0.39 is 0 Å². The lowest BCUT2D eigenvalue weighted by molar-refractivity contribution is 0.0864. The van der Waals surface area contributed by atoms with Crippen molar-refractivity contribution < 1.29 is 14.3 Å². The molecule has 3 heteroatoms. The van der Waals surface area contributed by atoms with Crippen molar-refractivity contribution in [1.82, 2.24) is 0 Å². The first-order valence-corrected chi connectivity index (χ1v) is 7.46. The maximum atomic E-state index is 12.8. The molecule has 0 aromatic heterocycles. The lowest BCUT2D eigenvalue weighted by Crippen LogP contribution is -2.22. The van der Waals surface area contributed by atoms with E-state index in [-0.39, 0.29) is 11.7 Å². The minimum absolute atomic E-state index is 0.114. The summed E-state index contributed by atoms with van der Waals surface area (Å²) < 4.78 is 10.7. The van der Waals surface area contributed by atoms with Crippen LogP contribution in [0, 0.1) is 11.8 Å². The highest BCUT2D eigenvalue weighted by atomic mass is 16.5. The minimum atomic E-state index is 0.114. The van der Waals surface area contributed by atoms with Crippen molar-refractivity contribution in [3.63, 3.8) is 0 Å². The summed E-state index contributed by atoms with van der Waals surface area (Å²) in [6.07, 6.45) is 5.50. The Hall–Kier alpha value is -1.51. The fourth-order valence-electron chi connectivity index (χ4n) is 3.13. The molecule has 0 unspecified atom stereocenters. The molecule has 20 heavy (non-hydrogen) atoms. The third-order valence-corrected chi connectivity index (χ3v) is 4.47. The van der Waals surface area contributed by atoms with Crippen LogP contribution < -0.4 is 9.47 Å². The summed E-state index contributed by atoms with van der Waals surface area (Å²) in [5.74, 6) is 2.31. The fraction of sp³-hybridized carbons (Fsp3) is 0.588. The number of benzene rings is 1. The van der Waals surface area contributed by atoms with Crippen molar-refractivity contribution in [2.75, 3.05) is 14.2 Å². The summed E-state index contributed by atoms with van der Waals surface area (Å²) in [6.45, 7) is 2.23. The molecule has 1 aliphatic rings. The zero-order valence-corrected chi connectivity index (χ0v) is 12.6. The monoisotopic (exact) mass is 276 g/mol. The Morgan fingerprint density at radius 2 is 1.65 bits per heavy atom. The Morgan fingerprint density at radius 1 is 1.10 bits per heavy atom. The van der Waals surface area contributed by atoms with Crippen LogP contribution in [0.25, 0.3) is 0 Å². The van der Waals surface area contributed by atoms with Crippen molar-refractivity contribution in [3.05, 3.63) is 23.8 Å². The van der Waals surface area contributed by atoms with Crippen LogP contribution in [0.5, 0.6) is 11.5 Å². The second kappa shape index (κ2) is 6.78. The van der Waals surface area contributed by atoms with Gasteiger partial charge in [0.25, 0.3) is 0 Å². The van der Waals surface area contributed by atoms with Crippen LogP contribution in [0.3, 0.4) is 0 Å². The fourth-order valence-corrected chi connectivity index (χ4v) is 3.13. The van der Waals surface area contributed by atoms with E-state index in [1.54, 1.807) is 14.2 Å². The lowest BCUT2D eigenvalue weighted by Gasteiger charge is -2.27. The lowest BCUT2D eigenvalue weighted by atomic mass is 9.77. The van der Waals surface area contributed by atoms with E-state index in [0.717, 1.165) is 31.6 Å². The molecule has 0 atom stereocenters. The maximum Gasteiger partial charge on any atom is 0.173 e. The van der Waals surface area contributed by atoms with Crippen molar-refractivity contribution in [2.24, 2.45) is 11.8 Å². The summed E-state index contributed by atoms with van der Waals surface area (Å²) in [5, 5.41) is 0. The SMILES string of the molecule is CCC1CCC(C(=O)c2c(OC)cccc2OC)CC1. The van der Waals surface area contributed by atoms with E-state index >= 15 is 0 Å². The maximum absolute atomic E-state index is 12.8. The normalized spacial score (nSPS) is 22.4. The molecule has 3 nitrogen and oxygen atoms in total. The second-order valence-corrected chi connectivity index (χ2v) is 5.53. The molecule has 1 aromatic carbocycles. The first kappa shape index (κ1) is 14.9. The Kier molecular flexibility index (Phi) is 5.05. The Labute approximate surface area is 121 Å². The molecule has 0 radical (unpaired) electrons. The van der Waals surface area contributed by atoms with Gasteiger partial charge >= 0.3 is 0 Å². The summed E-state index contributed by atoms with van der Waals surface area (Å²) in [4.78, 5) is 12.8. The van der Waals surface area contributed by atoms with E-state index in [4.69, 9.17) is 9.47 Å². The van der Waals surface area contributed by atoms with E-state index in [9.17, 15) is 4.79 Å². The minimum Gasteiger partial charge on any atom is -0.496 e. The topological polar surface area (TPSA) is 35.5 Å². The van der Waals surface area contributed by atoms with Crippen LogP contribution in [0.15, 0.2) is 18.2 Å². The molecular weight excluding hydrogens is 252 g/mol. The van der Waals surface area contributed by atoms with Gasteiger partial charge in [-0.3, -0.25) is 4.79 Å². The number of methoxy groups -OCH3 is 2. The van der Waals surface area contributed by atoms with E-state index in [2.05, 4.69) is 6.92 Å². The molecule has 1 aliphatic carbocycles. The number of hydrogen-bond acceptors (Lipinski definition) is 3. The van der Waals surface area contributed by atoms with Crippen molar-refractivity contribution >= 4 is 5.78 Å². The zero-order valence-electron chi connectivity index (χ0n) is 12.6. The Morgan fingerprint density at radius 3 is 2.10 bits per heavy atom. The van der Waals surface area contributed by atoms with Crippen LogP contribution in [-0.4, -0.2) is 20.0 Å². The second-order valence-electron chi connectivity index (χ2n) is 5.53. The number of ketones is 1. The van der Waals surface area contributed by atoms with Gasteiger partial charge in [0.2, 0.25) is 0 Å². The molecule has 0 amide bonds. The first-order valence-electron chi connectivity index (χ1n) is 7.46. The third-order valence-electron chi connectivity index (χ3n) is 4.47. The molecule has 0 heterocycles. The predicted molar refractivity (Wildman–Crippen MR) is 79.6 cm³/mol. The van der Waals surface area contributed by atoms with Gasteiger partial charge in [-0.05, 0) is 43.7 Å².